The van der Waals surface area contributed by atoms with Gasteiger partial charge in [-0.3, -0.25) is 9.78 Å². The van der Waals surface area contributed by atoms with Crippen molar-refractivity contribution in [2.24, 2.45) is 0 Å². The van der Waals surface area contributed by atoms with Crippen LogP contribution in [0.2, 0.25) is 0 Å². The minimum atomic E-state index is -3.00. The molecule has 1 unspecified atom stereocenters. The van der Waals surface area contributed by atoms with Crippen molar-refractivity contribution in [3.8, 4) is 0 Å². The van der Waals surface area contributed by atoms with Crippen molar-refractivity contribution in [2.75, 3.05) is 29.2 Å². The molecule has 0 aliphatic carbocycles. The topological polar surface area (TPSA) is 114 Å². The van der Waals surface area contributed by atoms with Crippen molar-refractivity contribution < 1.29 is 22.7 Å². The standard InChI is InChI=1S/C18H19N3O5S/c1-26-18(23)12-3-2-4-14(7-12)21-17(22)13-8-16(10-19-9-13)20-15-5-6-27(24,25)11-15/h2-4,7-10,15,20H,5-6,11H2,1H3,(H,21,22). The van der Waals surface area contributed by atoms with Crippen LogP contribution in [0.1, 0.15) is 27.1 Å². The summed E-state index contributed by atoms with van der Waals surface area (Å²) >= 11 is 0. The second kappa shape index (κ2) is 7.75. The lowest BCUT2D eigenvalue weighted by Crippen LogP contribution is -2.21. The van der Waals surface area contributed by atoms with Gasteiger partial charge in [-0.1, -0.05) is 6.07 Å². The van der Waals surface area contributed by atoms with Crippen LogP contribution >= 0.6 is 0 Å². The molecule has 0 spiro atoms. The molecule has 0 saturated carbocycles. The molecule has 0 radical (unpaired) electrons. The quantitative estimate of drug-likeness (QED) is 0.748. The molecule has 1 atom stereocenters. The van der Waals surface area contributed by atoms with Gasteiger partial charge in [-0.15, -0.1) is 0 Å². The van der Waals surface area contributed by atoms with Crippen LogP contribution in [0.15, 0.2) is 42.7 Å². The molecule has 1 aliphatic rings. The van der Waals surface area contributed by atoms with Gasteiger partial charge in [0.15, 0.2) is 9.84 Å². The number of nitrogens with zero attached hydrogens (tertiary/aromatic N) is 1. The molecule has 2 heterocycles. The van der Waals surface area contributed by atoms with Crippen LogP contribution in [0.5, 0.6) is 0 Å². The van der Waals surface area contributed by atoms with Gasteiger partial charge < -0.3 is 15.4 Å². The second-order valence-corrected chi connectivity index (χ2v) is 8.46. The number of carbonyl (C=O) groups is 2. The molecule has 142 valence electrons. The van der Waals surface area contributed by atoms with Crippen LogP contribution in [-0.2, 0) is 14.6 Å². The van der Waals surface area contributed by atoms with Crippen molar-refractivity contribution in [3.63, 3.8) is 0 Å². The highest BCUT2D eigenvalue weighted by Gasteiger charge is 2.27. The van der Waals surface area contributed by atoms with E-state index in [4.69, 9.17) is 0 Å². The molecular weight excluding hydrogens is 370 g/mol. The maximum Gasteiger partial charge on any atom is 0.337 e. The zero-order chi connectivity index (χ0) is 19.4. The molecule has 1 aromatic carbocycles. The summed E-state index contributed by atoms with van der Waals surface area (Å²) < 4.78 is 27.8. The van der Waals surface area contributed by atoms with Gasteiger partial charge in [-0.25, -0.2) is 13.2 Å². The zero-order valence-corrected chi connectivity index (χ0v) is 15.5. The summed E-state index contributed by atoms with van der Waals surface area (Å²) in [7, 11) is -1.71. The number of sulfone groups is 1. The average Bonchev–Trinajstić information content (AvgIpc) is 2.99. The third-order valence-corrected chi connectivity index (χ3v) is 5.91. The van der Waals surface area contributed by atoms with Crippen LogP contribution in [-0.4, -0.2) is 49.9 Å². The van der Waals surface area contributed by atoms with E-state index in [1.165, 1.54) is 19.4 Å². The highest BCUT2D eigenvalue weighted by Crippen LogP contribution is 2.19. The number of amides is 1. The molecule has 1 aromatic heterocycles. The van der Waals surface area contributed by atoms with E-state index in [0.717, 1.165) is 0 Å². The molecule has 3 rings (SSSR count). The van der Waals surface area contributed by atoms with Crippen molar-refractivity contribution in [2.45, 2.75) is 12.5 Å². The largest absolute Gasteiger partial charge is 0.465 e. The maximum absolute atomic E-state index is 12.5. The lowest BCUT2D eigenvalue weighted by Gasteiger charge is -2.13. The molecule has 2 aromatic rings. The Labute approximate surface area is 156 Å². The van der Waals surface area contributed by atoms with Gasteiger partial charge in [-0.2, -0.15) is 0 Å². The minimum Gasteiger partial charge on any atom is -0.465 e. The van der Waals surface area contributed by atoms with Crippen LogP contribution < -0.4 is 10.6 Å². The molecule has 0 bridgehead atoms. The van der Waals surface area contributed by atoms with Gasteiger partial charge >= 0.3 is 5.97 Å². The summed E-state index contributed by atoms with van der Waals surface area (Å²) in [6, 6.07) is 7.82. The van der Waals surface area contributed by atoms with E-state index < -0.39 is 21.7 Å². The summed E-state index contributed by atoms with van der Waals surface area (Å²) in [5.41, 5.74) is 1.66. The first-order chi connectivity index (χ1) is 12.9. The molecule has 2 N–H and O–H groups in total. The van der Waals surface area contributed by atoms with E-state index in [0.29, 0.717) is 28.9 Å². The zero-order valence-electron chi connectivity index (χ0n) is 14.6. The fourth-order valence-corrected chi connectivity index (χ4v) is 4.51. The van der Waals surface area contributed by atoms with Gasteiger partial charge in [0, 0.05) is 24.1 Å². The Kier molecular flexibility index (Phi) is 5.41. The Morgan fingerprint density at radius 1 is 1.15 bits per heavy atom. The van der Waals surface area contributed by atoms with Crippen LogP contribution in [0.25, 0.3) is 0 Å². The SMILES string of the molecule is COC(=O)c1cccc(NC(=O)c2cncc(NC3CCS(=O)(=O)C3)c2)c1. The molecule has 1 aliphatic heterocycles. The first kappa shape index (κ1) is 18.8. The second-order valence-electron chi connectivity index (χ2n) is 6.23. The van der Waals surface area contributed by atoms with Crippen molar-refractivity contribution in [1.82, 2.24) is 4.98 Å². The van der Waals surface area contributed by atoms with Gasteiger partial charge in [-0.05, 0) is 30.7 Å². The normalized spacial score (nSPS) is 17.9. The van der Waals surface area contributed by atoms with E-state index in [2.05, 4.69) is 20.4 Å². The smallest absolute Gasteiger partial charge is 0.337 e. The molecule has 9 heteroatoms. The van der Waals surface area contributed by atoms with E-state index in [1.807, 2.05) is 0 Å². The first-order valence-corrected chi connectivity index (χ1v) is 10.1. The number of hydrogen-bond acceptors (Lipinski definition) is 7. The number of anilines is 2. The van der Waals surface area contributed by atoms with Crippen molar-refractivity contribution in [1.29, 1.82) is 0 Å². The van der Waals surface area contributed by atoms with Crippen LogP contribution in [0.3, 0.4) is 0 Å². The Balaban J connectivity index is 1.70. The maximum atomic E-state index is 12.5. The number of ether oxygens (including phenoxy) is 1. The van der Waals surface area contributed by atoms with Gasteiger partial charge in [0.05, 0.1) is 35.4 Å². The lowest BCUT2D eigenvalue weighted by molar-refractivity contribution is 0.0600. The number of nitrogens with one attached hydrogen (secondary N) is 2. The summed E-state index contributed by atoms with van der Waals surface area (Å²) in [6.07, 6.45) is 3.48. The van der Waals surface area contributed by atoms with Gasteiger partial charge in [0.25, 0.3) is 5.91 Å². The van der Waals surface area contributed by atoms with E-state index in [1.54, 1.807) is 30.5 Å². The van der Waals surface area contributed by atoms with E-state index in [9.17, 15) is 18.0 Å². The summed E-state index contributed by atoms with van der Waals surface area (Å²) in [5, 5.41) is 5.81. The number of carbonyl (C=O) groups excluding carboxylic acids is 2. The van der Waals surface area contributed by atoms with Crippen molar-refractivity contribution >= 4 is 33.1 Å². The number of benzene rings is 1. The first-order valence-electron chi connectivity index (χ1n) is 8.28. The highest BCUT2D eigenvalue weighted by atomic mass is 32.2. The summed E-state index contributed by atoms with van der Waals surface area (Å²) in [5.74, 6) is -0.656. The predicted molar refractivity (Wildman–Crippen MR) is 101 cm³/mol. The molecule has 1 fully saturated rings. The number of pyridine rings is 1. The monoisotopic (exact) mass is 389 g/mol. The van der Waals surface area contributed by atoms with Crippen molar-refractivity contribution in [3.05, 3.63) is 53.9 Å². The molecule has 8 nitrogen and oxygen atoms in total. The van der Waals surface area contributed by atoms with E-state index in [-0.39, 0.29) is 17.5 Å². The Bertz CT molecular complexity index is 974. The van der Waals surface area contributed by atoms with Gasteiger partial charge in [0.1, 0.15) is 0 Å². The molecular formula is C18H19N3O5S. The summed E-state index contributed by atoms with van der Waals surface area (Å²) in [6.45, 7) is 0. The number of rotatable bonds is 5. The lowest BCUT2D eigenvalue weighted by atomic mass is 10.2. The van der Waals surface area contributed by atoms with Gasteiger partial charge in [0.2, 0.25) is 0 Å². The third kappa shape index (κ3) is 4.82. The number of esters is 1. The Hall–Kier alpha value is -2.94. The third-order valence-electron chi connectivity index (χ3n) is 4.15. The van der Waals surface area contributed by atoms with Crippen LogP contribution in [0.4, 0.5) is 11.4 Å². The molecule has 1 saturated heterocycles. The fraction of sp³-hybridized carbons (Fsp3) is 0.278. The Morgan fingerprint density at radius 2 is 1.93 bits per heavy atom. The van der Waals surface area contributed by atoms with Crippen LogP contribution in [0, 0.1) is 0 Å². The number of aromatic nitrogens is 1. The number of methoxy groups -OCH3 is 1. The molecule has 1 amide bonds. The predicted octanol–water partition coefficient (Wildman–Crippen LogP) is 1.72. The number of hydrogen-bond donors (Lipinski definition) is 2. The molecule has 27 heavy (non-hydrogen) atoms. The highest BCUT2D eigenvalue weighted by molar-refractivity contribution is 7.91. The minimum absolute atomic E-state index is 0.0732. The Morgan fingerprint density at radius 3 is 2.63 bits per heavy atom. The van der Waals surface area contributed by atoms with E-state index >= 15 is 0 Å². The fourth-order valence-electron chi connectivity index (χ4n) is 2.83. The summed E-state index contributed by atoms with van der Waals surface area (Å²) in [4.78, 5) is 28.1. The average molecular weight is 389 g/mol.